The van der Waals surface area contributed by atoms with Gasteiger partial charge in [-0.3, -0.25) is 9.79 Å². The van der Waals surface area contributed by atoms with Crippen molar-refractivity contribution >= 4 is 11.9 Å². The van der Waals surface area contributed by atoms with E-state index in [4.69, 9.17) is 9.47 Å². The minimum Gasteiger partial charge on any atom is -0.493 e. The molecule has 6 heteroatoms. The minimum atomic E-state index is -0.146. The van der Waals surface area contributed by atoms with Gasteiger partial charge in [0, 0.05) is 26.7 Å². The second kappa shape index (κ2) is 9.46. The van der Waals surface area contributed by atoms with Gasteiger partial charge in [0.1, 0.15) is 5.75 Å². The van der Waals surface area contributed by atoms with Gasteiger partial charge in [-0.25, -0.2) is 0 Å². The van der Waals surface area contributed by atoms with E-state index >= 15 is 0 Å². The van der Waals surface area contributed by atoms with Crippen LogP contribution >= 0.6 is 0 Å². The maximum atomic E-state index is 11.9. The molecular formula is C20H31N3O3. The number of methoxy groups -OCH3 is 1. The molecule has 2 atom stereocenters. The molecule has 26 heavy (non-hydrogen) atoms. The van der Waals surface area contributed by atoms with Gasteiger partial charge < -0.3 is 19.7 Å². The molecule has 1 fully saturated rings. The lowest BCUT2D eigenvalue weighted by molar-refractivity contribution is -0.145. The zero-order valence-electron chi connectivity index (χ0n) is 16.5. The van der Waals surface area contributed by atoms with Crippen molar-refractivity contribution in [3.05, 3.63) is 29.8 Å². The first kappa shape index (κ1) is 20.1. The van der Waals surface area contributed by atoms with E-state index < -0.39 is 0 Å². The zero-order chi connectivity index (χ0) is 19.1. The van der Waals surface area contributed by atoms with Crippen molar-refractivity contribution < 1.29 is 14.3 Å². The van der Waals surface area contributed by atoms with Crippen LogP contribution in [0.15, 0.2) is 29.3 Å². The molecule has 1 aliphatic rings. The van der Waals surface area contributed by atoms with Crippen LogP contribution in [0.25, 0.3) is 0 Å². The van der Waals surface area contributed by atoms with Crippen molar-refractivity contribution in [2.45, 2.75) is 27.3 Å². The van der Waals surface area contributed by atoms with Crippen molar-refractivity contribution in [1.29, 1.82) is 0 Å². The predicted molar refractivity (Wildman–Crippen MR) is 103 cm³/mol. The molecule has 1 saturated heterocycles. The van der Waals surface area contributed by atoms with Crippen LogP contribution in [0, 0.1) is 17.8 Å². The predicted octanol–water partition coefficient (Wildman–Crippen LogP) is 2.54. The normalized spacial score (nSPS) is 20.4. The van der Waals surface area contributed by atoms with Crippen molar-refractivity contribution in [3.63, 3.8) is 0 Å². The Hall–Kier alpha value is -2.24. The number of hydrogen-bond acceptors (Lipinski definition) is 4. The highest BCUT2D eigenvalue weighted by Crippen LogP contribution is 2.24. The third-order valence-electron chi connectivity index (χ3n) is 4.58. The van der Waals surface area contributed by atoms with Crippen LogP contribution in [-0.4, -0.2) is 50.7 Å². The van der Waals surface area contributed by atoms with E-state index in [1.54, 1.807) is 7.05 Å². The number of likely N-dealkylation sites (tertiary alicyclic amines) is 1. The van der Waals surface area contributed by atoms with Crippen molar-refractivity contribution in [2.24, 2.45) is 22.7 Å². The molecule has 1 N–H and O–H groups in total. The SMILES string of the molecule is CN=C(NCc1ccc(OCC(C)C)cc1)N1CC(C)C(C(=O)OC)C1. The highest BCUT2D eigenvalue weighted by molar-refractivity contribution is 5.82. The van der Waals surface area contributed by atoms with Gasteiger partial charge >= 0.3 is 5.97 Å². The Bertz CT molecular complexity index is 613. The van der Waals surface area contributed by atoms with Gasteiger partial charge in [0.05, 0.1) is 19.6 Å². The molecule has 2 rings (SSSR count). The summed E-state index contributed by atoms with van der Waals surface area (Å²) in [5.74, 6) is 2.21. The van der Waals surface area contributed by atoms with E-state index in [0.29, 0.717) is 19.0 Å². The lowest BCUT2D eigenvalue weighted by Gasteiger charge is -2.21. The Morgan fingerprint density at radius 1 is 1.31 bits per heavy atom. The fraction of sp³-hybridized carbons (Fsp3) is 0.600. The first-order chi connectivity index (χ1) is 12.4. The summed E-state index contributed by atoms with van der Waals surface area (Å²) in [5.41, 5.74) is 1.15. The number of carbonyl (C=O) groups excluding carboxylic acids is 1. The number of ether oxygens (including phenoxy) is 2. The molecule has 0 bridgehead atoms. The van der Waals surface area contributed by atoms with Gasteiger partial charge in [0.2, 0.25) is 0 Å². The van der Waals surface area contributed by atoms with Gasteiger partial charge in [-0.2, -0.15) is 0 Å². The number of nitrogens with zero attached hydrogens (tertiary/aromatic N) is 2. The molecule has 6 nitrogen and oxygen atoms in total. The van der Waals surface area contributed by atoms with E-state index in [1.165, 1.54) is 7.11 Å². The number of benzene rings is 1. The molecule has 1 aliphatic heterocycles. The van der Waals surface area contributed by atoms with E-state index in [0.717, 1.165) is 30.4 Å². The number of esters is 1. The molecule has 0 amide bonds. The van der Waals surface area contributed by atoms with Gasteiger partial charge in [-0.05, 0) is 29.5 Å². The fourth-order valence-corrected chi connectivity index (χ4v) is 3.08. The molecule has 0 saturated carbocycles. The summed E-state index contributed by atoms with van der Waals surface area (Å²) in [4.78, 5) is 18.3. The lowest BCUT2D eigenvalue weighted by Crippen LogP contribution is -2.40. The molecule has 0 spiro atoms. The highest BCUT2D eigenvalue weighted by Gasteiger charge is 2.36. The second-order valence-corrected chi connectivity index (χ2v) is 7.26. The molecule has 144 valence electrons. The first-order valence-electron chi connectivity index (χ1n) is 9.19. The average Bonchev–Trinajstić information content (AvgIpc) is 3.02. The summed E-state index contributed by atoms with van der Waals surface area (Å²) in [7, 11) is 3.21. The third-order valence-corrected chi connectivity index (χ3v) is 4.58. The number of hydrogen-bond donors (Lipinski definition) is 1. The van der Waals surface area contributed by atoms with Crippen LogP contribution in [-0.2, 0) is 16.1 Å². The summed E-state index contributed by atoms with van der Waals surface area (Å²) in [6.45, 7) is 9.16. The number of guanidine groups is 1. The van der Waals surface area contributed by atoms with Gasteiger partial charge in [-0.1, -0.05) is 32.9 Å². The molecule has 2 unspecified atom stereocenters. The summed E-state index contributed by atoms with van der Waals surface area (Å²) in [5, 5.41) is 3.38. The summed E-state index contributed by atoms with van der Waals surface area (Å²) in [6.07, 6.45) is 0. The molecule has 1 aromatic carbocycles. The van der Waals surface area contributed by atoms with Crippen LogP contribution in [0.5, 0.6) is 5.75 Å². The molecule has 1 heterocycles. The quantitative estimate of drug-likeness (QED) is 0.479. The van der Waals surface area contributed by atoms with Gasteiger partial charge in [0.25, 0.3) is 0 Å². The Morgan fingerprint density at radius 3 is 2.58 bits per heavy atom. The third kappa shape index (κ3) is 5.38. The number of aliphatic imine (C=N–C) groups is 1. The van der Waals surface area contributed by atoms with Crippen molar-refractivity contribution in [1.82, 2.24) is 10.2 Å². The van der Waals surface area contributed by atoms with E-state index in [-0.39, 0.29) is 17.8 Å². The Labute approximate surface area is 156 Å². The van der Waals surface area contributed by atoms with Crippen LogP contribution in [0.2, 0.25) is 0 Å². The zero-order valence-corrected chi connectivity index (χ0v) is 16.5. The van der Waals surface area contributed by atoms with Crippen LogP contribution < -0.4 is 10.1 Å². The molecule has 0 aromatic heterocycles. The minimum absolute atomic E-state index is 0.101. The Kier molecular flexibility index (Phi) is 7.30. The Balaban J connectivity index is 1.88. The molecule has 0 radical (unpaired) electrons. The fourth-order valence-electron chi connectivity index (χ4n) is 3.08. The number of carbonyl (C=O) groups is 1. The summed E-state index contributed by atoms with van der Waals surface area (Å²) >= 11 is 0. The monoisotopic (exact) mass is 361 g/mol. The molecule has 1 aromatic rings. The van der Waals surface area contributed by atoms with Crippen molar-refractivity contribution in [2.75, 3.05) is 33.9 Å². The maximum absolute atomic E-state index is 11.9. The second-order valence-electron chi connectivity index (χ2n) is 7.26. The van der Waals surface area contributed by atoms with E-state index in [9.17, 15) is 4.79 Å². The van der Waals surface area contributed by atoms with Gasteiger partial charge in [0.15, 0.2) is 5.96 Å². The van der Waals surface area contributed by atoms with Crippen LogP contribution in [0.3, 0.4) is 0 Å². The molecule has 0 aliphatic carbocycles. The smallest absolute Gasteiger partial charge is 0.310 e. The number of rotatable bonds is 6. The average molecular weight is 361 g/mol. The van der Waals surface area contributed by atoms with Crippen LogP contribution in [0.1, 0.15) is 26.3 Å². The molecular weight excluding hydrogens is 330 g/mol. The summed E-state index contributed by atoms with van der Waals surface area (Å²) in [6, 6.07) is 8.10. The summed E-state index contributed by atoms with van der Waals surface area (Å²) < 4.78 is 10.6. The van der Waals surface area contributed by atoms with Gasteiger partial charge in [-0.15, -0.1) is 0 Å². The van der Waals surface area contributed by atoms with E-state index in [1.807, 2.05) is 12.1 Å². The first-order valence-corrected chi connectivity index (χ1v) is 9.19. The van der Waals surface area contributed by atoms with E-state index in [2.05, 4.69) is 48.1 Å². The van der Waals surface area contributed by atoms with Crippen LogP contribution in [0.4, 0.5) is 0 Å². The highest BCUT2D eigenvalue weighted by atomic mass is 16.5. The Morgan fingerprint density at radius 2 is 2.00 bits per heavy atom. The largest absolute Gasteiger partial charge is 0.493 e. The van der Waals surface area contributed by atoms with Crippen molar-refractivity contribution in [3.8, 4) is 5.75 Å². The standard InChI is InChI=1S/C20H31N3O3/c1-14(2)13-26-17-8-6-16(7-9-17)10-22-20(21-4)23-11-15(3)18(12-23)19(24)25-5/h6-9,14-15,18H,10-13H2,1-5H3,(H,21,22). The number of nitrogens with one attached hydrogen (secondary N) is 1. The lowest BCUT2D eigenvalue weighted by atomic mass is 9.99. The maximum Gasteiger partial charge on any atom is 0.310 e. The topological polar surface area (TPSA) is 63.2 Å².